The number of halogens is 1. The maximum Gasteiger partial charge on any atom is 0.328 e. The third-order valence-corrected chi connectivity index (χ3v) is 2.76. The zero-order valence-corrected chi connectivity index (χ0v) is 9.66. The molecule has 1 atom stereocenters. The van der Waals surface area contributed by atoms with E-state index in [0.29, 0.717) is 10.6 Å². The second-order valence-corrected chi connectivity index (χ2v) is 3.97. The van der Waals surface area contributed by atoms with Gasteiger partial charge in [0.05, 0.1) is 6.61 Å². The van der Waals surface area contributed by atoms with Crippen molar-refractivity contribution in [2.75, 3.05) is 13.2 Å². The normalized spacial score (nSPS) is 14.4. The molecule has 1 aromatic rings. The van der Waals surface area contributed by atoms with Gasteiger partial charge in [0.1, 0.15) is 5.54 Å². The fourth-order valence-corrected chi connectivity index (χ4v) is 1.78. The molecular weight excluding hydrogens is 230 g/mol. The number of rotatable bonds is 5. The van der Waals surface area contributed by atoms with Crippen LogP contribution in [0, 0.1) is 0 Å². The van der Waals surface area contributed by atoms with Crippen LogP contribution in [-0.4, -0.2) is 29.3 Å². The third-order valence-electron chi connectivity index (χ3n) is 2.43. The van der Waals surface area contributed by atoms with Gasteiger partial charge in [0, 0.05) is 17.1 Å². The van der Waals surface area contributed by atoms with Crippen LogP contribution in [-0.2, 0) is 10.3 Å². The van der Waals surface area contributed by atoms with Crippen molar-refractivity contribution < 1.29 is 15.0 Å². The molecule has 1 rings (SSSR count). The molecule has 88 valence electrons. The van der Waals surface area contributed by atoms with Gasteiger partial charge in [-0.2, -0.15) is 0 Å². The average molecular weight is 244 g/mol. The minimum Gasteiger partial charge on any atom is -0.480 e. The van der Waals surface area contributed by atoms with Crippen LogP contribution in [0.2, 0.25) is 5.02 Å². The summed E-state index contributed by atoms with van der Waals surface area (Å²) in [6.07, 6.45) is 0. The van der Waals surface area contributed by atoms with Gasteiger partial charge in [0.25, 0.3) is 0 Å². The fourth-order valence-electron chi connectivity index (χ4n) is 1.46. The fraction of sp³-hybridized carbons (Fsp3) is 0.364. The van der Waals surface area contributed by atoms with E-state index in [-0.39, 0.29) is 13.2 Å². The van der Waals surface area contributed by atoms with Gasteiger partial charge in [-0.25, -0.2) is 4.79 Å². The largest absolute Gasteiger partial charge is 0.480 e. The highest BCUT2D eigenvalue weighted by atomic mass is 35.5. The van der Waals surface area contributed by atoms with Gasteiger partial charge >= 0.3 is 5.97 Å². The summed E-state index contributed by atoms with van der Waals surface area (Å²) in [5.74, 6) is -1.03. The van der Waals surface area contributed by atoms with E-state index in [0.717, 1.165) is 0 Å². The molecule has 0 aliphatic carbocycles. The predicted molar refractivity (Wildman–Crippen MR) is 61.5 cm³/mol. The molecule has 1 aromatic carbocycles. The number of aliphatic carboxylic acids is 1. The highest BCUT2D eigenvalue weighted by molar-refractivity contribution is 6.31. The van der Waals surface area contributed by atoms with Crippen LogP contribution in [0.3, 0.4) is 0 Å². The number of aliphatic hydroxyl groups excluding tert-OH is 1. The van der Waals surface area contributed by atoms with E-state index in [9.17, 15) is 9.90 Å². The molecule has 0 saturated carbocycles. The van der Waals surface area contributed by atoms with Gasteiger partial charge in [0.2, 0.25) is 0 Å². The first-order valence-corrected chi connectivity index (χ1v) is 5.24. The van der Waals surface area contributed by atoms with E-state index in [2.05, 4.69) is 5.32 Å². The summed E-state index contributed by atoms with van der Waals surface area (Å²) in [6, 6.07) is 6.75. The number of carboxylic acids is 1. The minimum atomic E-state index is -1.29. The second kappa shape index (κ2) is 5.30. The Bertz CT molecular complexity index is 383. The summed E-state index contributed by atoms with van der Waals surface area (Å²) in [4.78, 5) is 11.3. The first-order valence-electron chi connectivity index (χ1n) is 4.86. The molecule has 0 spiro atoms. The van der Waals surface area contributed by atoms with Gasteiger partial charge < -0.3 is 10.2 Å². The van der Waals surface area contributed by atoms with E-state index >= 15 is 0 Å². The summed E-state index contributed by atoms with van der Waals surface area (Å²) in [5, 5.41) is 21.1. The Balaban J connectivity index is 3.11. The molecule has 0 aliphatic heterocycles. The summed E-state index contributed by atoms with van der Waals surface area (Å²) < 4.78 is 0. The van der Waals surface area contributed by atoms with Crippen LogP contribution in [0.4, 0.5) is 0 Å². The Morgan fingerprint density at radius 1 is 1.50 bits per heavy atom. The lowest BCUT2D eigenvalue weighted by molar-refractivity contribution is -0.144. The van der Waals surface area contributed by atoms with E-state index in [1.54, 1.807) is 24.3 Å². The van der Waals surface area contributed by atoms with Gasteiger partial charge in [-0.1, -0.05) is 29.8 Å². The zero-order chi connectivity index (χ0) is 12.2. The van der Waals surface area contributed by atoms with Crippen molar-refractivity contribution in [2.45, 2.75) is 12.5 Å². The quantitative estimate of drug-likeness (QED) is 0.727. The van der Waals surface area contributed by atoms with Crippen molar-refractivity contribution in [3.63, 3.8) is 0 Å². The zero-order valence-electron chi connectivity index (χ0n) is 8.90. The molecule has 0 amide bonds. The Labute approximate surface area is 98.9 Å². The molecule has 16 heavy (non-hydrogen) atoms. The van der Waals surface area contributed by atoms with Crippen molar-refractivity contribution in [3.05, 3.63) is 34.9 Å². The molecule has 4 nitrogen and oxygen atoms in total. The Morgan fingerprint density at radius 3 is 2.62 bits per heavy atom. The predicted octanol–water partition coefficient (Wildman–Crippen LogP) is 1.22. The van der Waals surface area contributed by atoms with E-state index in [4.69, 9.17) is 16.7 Å². The molecule has 3 N–H and O–H groups in total. The van der Waals surface area contributed by atoms with E-state index < -0.39 is 11.5 Å². The van der Waals surface area contributed by atoms with Crippen LogP contribution >= 0.6 is 11.6 Å². The van der Waals surface area contributed by atoms with Crippen LogP contribution in [0.1, 0.15) is 12.5 Å². The third kappa shape index (κ3) is 2.52. The Morgan fingerprint density at radius 2 is 2.12 bits per heavy atom. The van der Waals surface area contributed by atoms with Crippen molar-refractivity contribution in [1.82, 2.24) is 5.32 Å². The number of nitrogens with one attached hydrogen (secondary N) is 1. The average Bonchev–Trinajstić information content (AvgIpc) is 2.26. The van der Waals surface area contributed by atoms with Gasteiger partial charge in [0.15, 0.2) is 0 Å². The smallest absolute Gasteiger partial charge is 0.328 e. The number of hydrogen-bond donors (Lipinski definition) is 3. The van der Waals surface area contributed by atoms with Crippen molar-refractivity contribution >= 4 is 17.6 Å². The standard InChI is InChI=1S/C11H14ClNO3/c1-11(10(15)16,13-6-7-14)8-4-2-3-5-9(8)12/h2-5,13-14H,6-7H2,1H3,(H,15,16). The van der Waals surface area contributed by atoms with Crippen LogP contribution < -0.4 is 5.32 Å². The number of benzene rings is 1. The van der Waals surface area contributed by atoms with Gasteiger partial charge in [-0.3, -0.25) is 5.32 Å². The molecule has 0 aromatic heterocycles. The van der Waals surface area contributed by atoms with Crippen molar-refractivity contribution in [2.24, 2.45) is 0 Å². The number of carboxylic acid groups (broad SMARTS) is 1. The monoisotopic (exact) mass is 243 g/mol. The summed E-state index contributed by atoms with van der Waals surface area (Å²) in [6.45, 7) is 1.58. The molecule has 0 fully saturated rings. The summed E-state index contributed by atoms with van der Waals surface area (Å²) >= 11 is 5.97. The lowest BCUT2D eigenvalue weighted by Gasteiger charge is -2.27. The second-order valence-electron chi connectivity index (χ2n) is 3.56. The Kier molecular flexibility index (Phi) is 4.29. The topological polar surface area (TPSA) is 69.6 Å². The molecule has 0 saturated heterocycles. The molecule has 0 radical (unpaired) electrons. The lowest BCUT2D eigenvalue weighted by Crippen LogP contribution is -2.47. The summed E-state index contributed by atoms with van der Waals surface area (Å²) in [7, 11) is 0. The number of carbonyl (C=O) groups is 1. The molecule has 1 unspecified atom stereocenters. The maximum atomic E-state index is 11.3. The Hall–Kier alpha value is -1.10. The highest BCUT2D eigenvalue weighted by Crippen LogP contribution is 2.27. The van der Waals surface area contributed by atoms with Crippen LogP contribution in [0.25, 0.3) is 0 Å². The molecule has 0 heterocycles. The first-order chi connectivity index (χ1) is 7.52. The van der Waals surface area contributed by atoms with Gasteiger partial charge in [-0.05, 0) is 13.0 Å². The highest BCUT2D eigenvalue weighted by Gasteiger charge is 2.35. The SMILES string of the molecule is CC(NCCO)(C(=O)O)c1ccccc1Cl. The minimum absolute atomic E-state index is 0.132. The van der Waals surface area contributed by atoms with Crippen molar-refractivity contribution in [1.29, 1.82) is 0 Å². The molecule has 0 aliphatic rings. The number of aliphatic hydroxyl groups is 1. The lowest BCUT2D eigenvalue weighted by atomic mass is 9.92. The summed E-state index contributed by atoms with van der Waals surface area (Å²) in [5.41, 5.74) is -0.807. The molecule has 5 heteroatoms. The van der Waals surface area contributed by atoms with E-state index in [1.807, 2.05) is 0 Å². The van der Waals surface area contributed by atoms with Crippen molar-refractivity contribution in [3.8, 4) is 0 Å². The maximum absolute atomic E-state index is 11.3. The van der Waals surface area contributed by atoms with E-state index in [1.165, 1.54) is 6.92 Å². The first kappa shape index (κ1) is 13.0. The van der Waals surface area contributed by atoms with Gasteiger partial charge in [-0.15, -0.1) is 0 Å². The molecule has 0 bridgehead atoms. The van der Waals surface area contributed by atoms with Crippen LogP contribution in [0.15, 0.2) is 24.3 Å². The number of hydrogen-bond acceptors (Lipinski definition) is 3. The molecular formula is C11H14ClNO3. The van der Waals surface area contributed by atoms with Crippen LogP contribution in [0.5, 0.6) is 0 Å².